The minimum Gasteiger partial charge on any atom is -0.396 e. The third kappa shape index (κ3) is 3.40. The summed E-state index contributed by atoms with van der Waals surface area (Å²) in [6.45, 7) is 2.68. The molecule has 20 heavy (non-hydrogen) atoms. The van der Waals surface area contributed by atoms with Crippen molar-refractivity contribution < 1.29 is 13.5 Å². The van der Waals surface area contributed by atoms with E-state index in [2.05, 4.69) is 0 Å². The van der Waals surface area contributed by atoms with Crippen molar-refractivity contribution in [1.82, 2.24) is 4.31 Å². The van der Waals surface area contributed by atoms with Crippen molar-refractivity contribution in [2.24, 2.45) is 0 Å². The van der Waals surface area contributed by atoms with Gasteiger partial charge in [-0.2, -0.15) is 4.31 Å². The van der Waals surface area contributed by atoms with E-state index in [-0.39, 0.29) is 12.6 Å². The number of sulfonamides is 1. The maximum Gasteiger partial charge on any atom is 0.243 e. The van der Waals surface area contributed by atoms with Gasteiger partial charge in [-0.1, -0.05) is 25.0 Å². The van der Waals surface area contributed by atoms with Crippen LogP contribution in [0.2, 0.25) is 0 Å². The van der Waals surface area contributed by atoms with E-state index in [1.165, 1.54) is 0 Å². The number of benzene rings is 1. The van der Waals surface area contributed by atoms with Crippen LogP contribution >= 0.6 is 0 Å². The molecular formula is C15H23NO3S. The smallest absolute Gasteiger partial charge is 0.243 e. The molecule has 1 atom stereocenters. The average Bonchev–Trinajstić information content (AvgIpc) is 2.65. The number of hydrogen-bond acceptors (Lipinski definition) is 3. The Bertz CT molecular complexity index is 525. The first-order valence-electron chi connectivity index (χ1n) is 7.27. The van der Waals surface area contributed by atoms with Gasteiger partial charge in [0.1, 0.15) is 0 Å². The first-order valence-corrected chi connectivity index (χ1v) is 8.71. The van der Waals surface area contributed by atoms with Crippen LogP contribution in [0, 0.1) is 0 Å². The maximum absolute atomic E-state index is 12.7. The Balaban J connectivity index is 2.24. The summed E-state index contributed by atoms with van der Waals surface area (Å²) in [6, 6.07) is 6.94. The van der Waals surface area contributed by atoms with Gasteiger partial charge >= 0.3 is 0 Å². The van der Waals surface area contributed by atoms with Crippen LogP contribution in [0.15, 0.2) is 29.2 Å². The largest absolute Gasteiger partial charge is 0.396 e. The molecule has 1 aliphatic heterocycles. The molecule has 0 aliphatic carbocycles. The monoisotopic (exact) mass is 297 g/mol. The van der Waals surface area contributed by atoms with Gasteiger partial charge in [0.15, 0.2) is 0 Å². The second-order valence-corrected chi connectivity index (χ2v) is 7.32. The van der Waals surface area contributed by atoms with Crippen LogP contribution in [0.3, 0.4) is 0 Å². The molecule has 1 aliphatic rings. The van der Waals surface area contributed by atoms with Gasteiger partial charge in [-0.05, 0) is 43.9 Å². The number of nitrogens with zero attached hydrogens (tertiary/aromatic N) is 1. The van der Waals surface area contributed by atoms with E-state index < -0.39 is 10.0 Å². The Labute approximate surface area is 121 Å². The van der Waals surface area contributed by atoms with Crippen molar-refractivity contribution in [3.8, 4) is 0 Å². The average molecular weight is 297 g/mol. The molecule has 0 spiro atoms. The van der Waals surface area contributed by atoms with Crippen LogP contribution in [-0.4, -0.2) is 37.0 Å². The predicted molar refractivity (Wildman–Crippen MR) is 79.1 cm³/mol. The van der Waals surface area contributed by atoms with Gasteiger partial charge in [0, 0.05) is 19.2 Å². The summed E-state index contributed by atoms with van der Waals surface area (Å²) in [5.41, 5.74) is 0.954. The van der Waals surface area contributed by atoms with Gasteiger partial charge in [0.25, 0.3) is 0 Å². The molecular weight excluding hydrogens is 274 g/mol. The number of aliphatic hydroxyl groups excluding tert-OH is 1. The minimum absolute atomic E-state index is 0.0691. The minimum atomic E-state index is -3.40. The van der Waals surface area contributed by atoms with Crippen molar-refractivity contribution in [3.05, 3.63) is 29.8 Å². The van der Waals surface area contributed by atoms with Gasteiger partial charge in [-0.3, -0.25) is 0 Å². The topological polar surface area (TPSA) is 57.6 Å². The summed E-state index contributed by atoms with van der Waals surface area (Å²) in [5, 5.41) is 8.89. The fraction of sp³-hybridized carbons (Fsp3) is 0.600. The van der Waals surface area contributed by atoms with Crippen molar-refractivity contribution in [1.29, 1.82) is 0 Å². The molecule has 1 unspecified atom stereocenters. The Hall–Kier alpha value is -0.910. The third-order valence-electron chi connectivity index (χ3n) is 3.92. The summed E-state index contributed by atoms with van der Waals surface area (Å²) in [5.74, 6) is 0. The molecule has 0 aromatic heterocycles. The van der Waals surface area contributed by atoms with E-state index in [9.17, 15) is 8.42 Å². The van der Waals surface area contributed by atoms with Crippen molar-refractivity contribution in [2.75, 3.05) is 13.2 Å². The lowest BCUT2D eigenvalue weighted by Gasteiger charge is -2.26. The zero-order chi connectivity index (χ0) is 14.6. The van der Waals surface area contributed by atoms with Gasteiger partial charge in [-0.15, -0.1) is 0 Å². The van der Waals surface area contributed by atoms with Crippen LogP contribution in [0.1, 0.15) is 38.2 Å². The molecule has 1 aromatic rings. The van der Waals surface area contributed by atoms with Gasteiger partial charge in [0.05, 0.1) is 4.90 Å². The van der Waals surface area contributed by atoms with E-state index in [4.69, 9.17) is 5.11 Å². The predicted octanol–water partition coefficient (Wildman–Crippen LogP) is 2.17. The van der Waals surface area contributed by atoms with Gasteiger partial charge < -0.3 is 5.11 Å². The molecule has 4 nitrogen and oxygen atoms in total. The quantitative estimate of drug-likeness (QED) is 0.926. The van der Waals surface area contributed by atoms with Crippen molar-refractivity contribution in [2.45, 2.75) is 50.0 Å². The van der Waals surface area contributed by atoms with Crippen LogP contribution in [0.4, 0.5) is 0 Å². The normalized spacial score (nSPS) is 21.6. The highest BCUT2D eigenvalue weighted by molar-refractivity contribution is 7.89. The standard InChI is InChI=1S/C15H23NO3S/c1-13-5-3-2-4-11-16(13)20(18,19)15-8-6-14(7-9-15)10-12-17/h6-9,13,17H,2-5,10-12H2,1H3. The zero-order valence-electron chi connectivity index (χ0n) is 12.0. The van der Waals surface area contributed by atoms with E-state index in [0.29, 0.717) is 17.9 Å². The Morgan fingerprint density at radius 1 is 1.20 bits per heavy atom. The van der Waals surface area contributed by atoms with Crippen LogP contribution in [-0.2, 0) is 16.4 Å². The summed E-state index contributed by atoms with van der Waals surface area (Å²) < 4.78 is 27.0. The zero-order valence-corrected chi connectivity index (χ0v) is 12.8. The lowest BCUT2D eigenvalue weighted by atomic mass is 10.1. The summed E-state index contributed by atoms with van der Waals surface area (Å²) in [4.78, 5) is 0.355. The van der Waals surface area contributed by atoms with Crippen LogP contribution in [0.25, 0.3) is 0 Å². The highest BCUT2D eigenvalue weighted by atomic mass is 32.2. The van der Waals surface area contributed by atoms with E-state index >= 15 is 0 Å². The summed E-state index contributed by atoms with van der Waals surface area (Å²) in [7, 11) is -3.40. The number of aliphatic hydroxyl groups is 1. The van der Waals surface area contributed by atoms with Crippen LogP contribution in [0.5, 0.6) is 0 Å². The van der Waals surface area contributed by atoms with Crippen LogP contribution < -0.4 is 0 Å². The second-order valence-electron chi connectivity index (χ2n) is 5.43. The fourth-order valence-electron chi connectivity index (χ4n) is 2.70. The SMILES string of the molecule is CC1CCCCCN1S(=O)(=O)c1ccc(CCO)cc1. The Kier molecular flexibility index (Phi) is 5.18. The molecule has 0 radical (unpaired) electrons. The molecule has 1 aromatic carbocycles. The maximum atomic E-state index is 12.7. The first kappa shape index (κ1) is 15.5. The number of hydrogen-bond donors (Lipinski definition) is 1. The molecule has 1 N–H and O–H groups in total. The molecule has 1 heterocycles. The highest BCUT2D eigenvalue weighted by Gasteiger charge is 2.29. The van der Waals surface area contributed by atoms with Crippen molar-refractivity contribution >= 4 is 10.0 Å². The molecule has 0 bridgehead atoms. The number of rotatable bonds is 4. The Morgan fingerprint density at radius 2 is 1.90 bits per heavy atom. The molecule has 0 saturated carbocycles. The molecule has 112 valence electrons. The second kappa shape index (κ2) is 6.70. The lowest BCUT2D eigenvalue weighted by molar-refractivity contribution is 0.299. The van der Waals surface area contributed by atoms with E-state index in [0.717, 1.165) is 31.2 Å². The van der Waals surface area contributed by atoms with Gasteiger partial charge in [0.2, 0.25) is 10.0 Å². The molecule has 1 fully saturated rings. The fourth-order valence-corrected chi connectivity index (χ4v) is 4.40. The summed E-state index contributed by atoms with van der Waals surface area (Å²) >= 11 is 0. The highest BCUT2D eigenvalue weighted by Crippen LogP contribution is 2.24. The van der Waals surface area contributed by atoms with Gasteiger partial charge in [-0.25, -0.2) is 8.42 Å². The Morgan fingerprint density at radius 3 is 2.55 bits per heavy atom. The van der Waals surface area contributed by atoms with E-state index in [1.807, 2.05) is 6.92 Å². The molecule has 0 amide bonds. The summed E-state index contributed by atoms with van der Waals surface area (Å²) in [6.07, 6.45) is 4.63. The first-order chi connectivity index (χ1) is 9.55. The molecule has 5 heteroatoms. The lowest BCUT2D eigenvalue weighted by Crippen LogP contribution is -2.38. The third-order valence-corrected chi connectivity index (χ3v) is 5.95. The van der Waals surface area contributed by atoms with Crippen molar-refractivity contribution in [3.63, 3.8) is 0 Å². The molecule has 2 rings (SSSR count). The van der Waals surface area contributed by atoms with E-state index in [1.54, 1.807) is 28.6 Å². The molecule has 1 saturated heterocycles.